The van der Waals surface area contributed by atoms with Gasteiger partial charge >= 0.3 is 10.1 Å². The van der Waals surface area contributed by atoms with Crippen LogP contribution in [0.4, 0.5) is 0 Å². The minimum atomic E-state index is -3.84. The molecule has 6 heteroatoms. The summed E-state index contributed by atoms with van der Waals surface area (Å²) in [6.45, 7) is 2.02. The van der Waals surface area contributed by atoms with Crippen molar-refractivity contribution in [3.05, 3.63) is 52.2 Å². The molecule has 0 fully saturated rings. The van der Waals surface area contributed by atoms with Crippen molar-refractivity contribution in [1.82, 2.24) is 0 Å². The molecule has 4 nitrogen and oxygen atoms in total. The van der Waals surface area contributed by atoms with Crippen LogP contribution in [0.3, 0.4) is 0 Å². The number of rotatable bonds is 3. The zero-order valence-corrected chi connectivity index (χ0v) is 12.4. The van der Waals surface area contributed by atoms with E-state index >= 15 is 0 Å². The first-order valence-electron chi connectivity index (χ1n) is 6.21. The predicted molar refractivity (Wildman–Crippen MR) is 78.4 cm³/mol. The Bertz CT molecular complexity index is 748. The second-order valence-electron chi connectivity index (χ2n) is 4.70. The van der Waals surface area contributed by atoms with Crippen LogP contribution in [0.2, 0.25) is 0 Å². The summed E-state index contributed by atoms with van der Waals surface area (Å²) in [4.78, 5) is 1.14. The molecule has 1 aromatic heterocycles. The molecule has 1 aliphatic rings. The van der Waals surface area contributed by atoms with E-state index in [1.807, 2.05) is 18.4 Å². The van der Waals surface area contributed by atoms with Crippen molar-refractivity contribution >= 4 is 27.2 Å². The van der Waals surface area contributed by atoms with Gasteiger partial charge in [0.25, 0.3) is 0 Å². The maximum absolute atomic E-state index is 12.0. The summed E-state index contributed by atoms with van der Waals surface area (Å²) in [5, 5.41) is 5.89. The van der Waals surface area contributed by atoms with Crippen LogP contribution in [-0.4, -0.2) is 14.1 Å². The number of hydrogen-bond acceptors (Lipinski definition) is 5. The molecule has 1 unspecified atom stereocenters. The molecule has 20 heavy (non-hydrogen) atoms. The van der Waals surface area contributed by atoms with Crippen molar-refractivity contribution < 1.29 is 12.7 Å². The highest BCUT2D eigenvalue weighted by atomic mass is 32.2. The molecular weight excluding hydrogens is 294 g/mol. The maximum atomic E-state index is 12.0. The molecule has 1 aliphatic carbocycles. The fourth-order valence-electron chi connectivity index (χ4n) is 2.22. The lowest BCUT2D eigenvalue weighted by Crippen LogP contribution is -2.09. The molecule has 0 bridgehead atoms. The lowest BCUT2D eigenvalue weighted by atomic mass is 10.1. The van der Waals surface area contributed by atoms with Gasteiger partial charge in [0.05, 0.1) is 4.88 Å². The smallest absolute Gasteiger partial charge is 0.264 e. The lowest BCUT2D eigenvalue weighted by Gasteiger charge is -2.05. The highest BCUT2D eigenvalue weighted by Gasteiger charge is 2.28. The molecule has 0 radical (unpaired) electrons. The average molecular weight is 307 g/mol. The topological polar surface area (TPSA) is 55.7 Å². The van der Waals surface area contributed by atoms with Gasteiger partial charge in [-0.15, -0.1) is 11.3 Å². The first-order valence-corrected chi connectivity index (χ1v) is 8.50. The summed E-state index contributed by atoms with van der Waals surface area (Å²) >= 11 is 1.56. The van der Waals surface area contributed by atoms with Crippen LogP contribution in [0.15, 0.2) is 51.8 Å². The second kappa shape index (κ2) is 5.03. The minimum Gasteiger partial charge on any atom is -0.264 e. The number of benzene rings is 1. The normalized spacial score (nSPS) is 20.1. The van der Waals surface area contributed by atoms with E-state index in [0.29, 0.717) is 0 Å². The predicted octanol–water partition coefficient (Wildman–Crippen LogP) is 3.05. The zero-order chi connectivity index (χ0) is 14.2. The largest absolute Gasteiger partial charge is 0.358 e. The van der Waals surface area contributed by atoms with E-state index in [0.717, 1.165) is 17.0 Å². The van der Waals surface area contributed by atoms with Crippen LogP contribution < -0.4 is 0 Å². The Morgan fingerprint density at radius 2 is 2.00 bits per heavy atom. The third-order valence-corrected chi connectivity index (χ3v) is 5.34. The summed E-state index contributed by atoms with van der Waals surface area (Å²) in [7, 11) is -3.84. The Morgan fingerprint density at radius 1 is 1.25 bits per heavy atom. The molecule has 1 heterocycles. The van der Waals surface area contributed by atoms with Crippen molar-refractivity contribution in [2.45, 2.75) is 18.2 Å². The van der Waals surface area contributed by atoms with E-state index in [1.54, 1.807) is 29.5 Å². The van der Waals surface area contributed by atoms with E-state index < -0.39 is 10.1 Å². The SMILES string of the molecule is CC1Cc2ccsc2/C1=N/OS(=O)(=O)c1ccccc1. The second-order valence-corrected chi connectivity index (χ2v) is 7.14. The van der Waals surface area contributed by atoms with E-state index in [4.69, 9.17) is 4.28 Å². The van der Waals surface area contributed by atoms with Crippen molar-refractivity contribution in [3.63, 3.8) is 0 Å². The Kier molecular flexibility index (Phi) is 3.35. The molecule has 0 spiro atoms. The molecule has 1 atom stereocenters. The van der Waals surface area contributed by atoms with E-state index in [2.05, 4.69) is 5.16 Å². The number of oxime groups is 1. The molecular formula is C14H13NO3S2. The fourth-order valence-corrected chi connectivity index (χ4v) is 4.01. The molecule has 0 amide bonds. The highest BCUT2D eigenvalue weighted by Crippen LogP contribution is 2.31. The minimum absolute atomic E-state index is 0.112. The van der Waals surface area contributed by atoms with Gasteiger partial charge in [0.2, 0.25) is 0 Å². The summed E-state index contributed by atoms with van der Waals surface area (Å²) in [6.07, 6.45) is 0.881. The fraction of sp³-hybridized carbons (Fsp3) is 0.214. The Labute approximate surface area is 121 Å². The molecule has 1 aromatic carbocycles. The van der Waals surface area contributed by atoms with Gasteiger partial charge in [-0.05, 0) is 35.6 Å². The van der Waals surface area contributed by atoms with E-state index in [9.17, 15) is 8.42 Å². The number of nitrogens with zero attached hydrogens (tertiary/aromatic N) is 1. The number of thiophene rings is 1. The van der Waals surface area contributed by atoms with Crippen molar-refractivity contribution in [2.75, 3.05) is 0 Å². The van der Waals surface area contributed by atoms with Crippen molar-refractivity contribution in [3.8, 4) is 0 Å². The Balaban J connectivity index is 1.88. The average Bonchev–Trinajstić information content (AvgIpc) is 2.98. The van der Waals surface area contributed by atoms with Gasteiger partial charge in [-0.1, -0.05) is 30.3 Å². The molecule has 0 N–H and O–H groups in total. The zero-order valence-electron chi connectivity index (χ0n) is 10.8. The monoisotopic (exact) mass is 307 g/mol. The Morgan fingerprint density at radius 3 is 2.75 bits per heavy atom. The molecule has 104 valence electrons. The van der Waals surface area contributed by atoms with Crippen LogP contribution in [0.25, 0.3) is 0 Å². The summed E-state index contributed by atoms with van der Waals surface area (Å²) in [5.41, 5.74) is 1.93. The highest BCUT2D eigenvalue weighted by molar-refractivity contribution is 7.86. The number of fused-ring (bicyclic) bond motifs is 1. The molecule has 0 saturated heterocycles. The molecule has 2 aromatic rings. The van der Waals surface area contributed by atoms with Crippen LogP contribution in [0.5, 0.6) is 0 Å². The lowest BCUT2D eigenvalue weighted by molar-refractivity contribution is 0.336. The molecule has 0 saturated carbocycles. The molecule has 0 aliphatic heterocycles. The van der Waals surface area contributed by atoms with Crippen LogP contribution >= 0.6 is 11.3 Å². The van der Waals surface area contributed by atoms with Crippen molar-refractivity contribution in [1.29, 1.82) is 0 Å². The van der Waals surface area contributed by atoms with E-state index in [-0.39, 0.29) is 10.8 Å². The van der Waals surface area contributed by atoms with E-state index in [1.165, 1.54) is 17.7 Å². The third-order valence-electron chi connectivity index (χ3n) is 3.24. The summed E-state index contributed by atoms with van der Waals surface area (Å²) in [6, 6.07) is 10.1. The first kappa shape index (κ1) is 13.3. The quantitative estimate of drug-likeness (QED) is 0.819. The van der Waals surface area contributed by atoms with Gasteiger partial charge in [0, 0.05) is 5.92 Å². The van der Waals surface area contributed by atoms with Crippen LogP contribution in [0.1, 0.15) is 17.4 Å². The van der Waals surface area contributed by atoms with Gasteiger partial charge in [0.1, 0.15) is 10.6 Å². The van der Waals surface area contributed by atoms with Gasteiger partial charge in [-0.25, -0.2) is 0 Å². The van der Waals surface area contributed by atoms with Crippen molar-refractivity contribution in [2.24, 2.45) is 11.1 Å². The summed E-state index contributed by atoms with van der Waals surface area (Å²) < 4.78 is 28.9. The maximum Gasteiger partial charge on any atom is 0.358 e. The summed E-state index contributed by atoms with van der Waals surface area (Å²) in [5.74, 6) is 0.184. The Hall–Kier alpha value is -1.66. The van der Waals surface area contributed by atoms with Gasteiger partial charge in [-0.2, -0.15) is 8.42 Å². The van der Waals surface area contributed by atoms with Gasteiger partial charge < -0.3 is 0 Å². The standard InChI is InChI=1S/C14H13NO3S2/c1-10-9-11-7-8-19-14(11)13(10)15-18-20(16,17)12-5-3-2-4-6-12/h2-8,10H,9H2,1H3/b15-13+. The van der Waals surface area contributed by atoms with Crippen LogP contribution in [0, 0.1) is 5.92 Å². The van der Waals surface area contributed by atoms with Gasteiger partial charge in [0.15, 0.2) is 0 Å². The van der Waals surface area contributed by atoms with Gasteiger partial charge in [-0.3, -0.25) is 4.28 Å². The molecule has 3 rings (SSSR count). The number of hydrogen-bond donors (Lipinski definition) is 0. The first-order chi connectivity index (χ1) is 9.58. The van der Waals surface area contributed by atoms with Crippen LogP contribution in [-0.2, 0) is 20.8 Å². The third kappa shape index (κ3) is 2.36.